The van der Waals surface area contributed by atoms with Crippen LogP contribution in [-0.2, 0) is 33.3 Å². The first kappa shape index (κ1) is 64.0. The van der Waals surface area contributed by atoms with Crippen LogP contribution in [0.3, 0.4) is 0 Å². The number of ether oxygens (including phenoxy) is 4. The summed E-state index contributed by atoms with van der Waals surface area (Å²) in [4.78, 5) is 37.2. The third-order valence-electron chi connectivity index (χ3n) is 12.8. The molecule has 0 aromatic rings. The first-order valence-electron chi connectivity index (χ1n) is 28.4. The van der Waals surface area contributed by atoms with Gasteiger partial charge in [-0.2, -0.15) is 0 Å². The van der Waals surface area contributed by atoms with Crippen LogP contribution < -0.4 is 0 Å². The number of carbonyl (C=O) groups excluding carboxylic acids is 2. The number of unbranched alkanes of at least 4 members (excludes halogenated alkanes) is 36. The lowest BCUT2D eigenvalue weighted by molar-refractivity contribution is -0.870. The molecule has 0 aliphatic carbocycles. The maximum Gasteiger partial charge on any atom is 0.361 e. The van der Waals surface area contributed by atoms with Crippen molar-refractivity contribution in [3.8, 4) is 0 Å². The van der Waals surface area contributed by atoms with Gasteiger partial charge in [0.1, 0.15) is 13.2 Å². The third kappa shape index (κ3) is 49.9. The number of aliphatic carboxylic acids is 1. The molecule has 0 bridgehead atoms. The van der Waals surface area contributed by atoms with Crippen molar-refractivity contribution in [2.75, 3.05) is 47.5 Å². The van der Waals surface area contributed by atoms with Gasteiger partial charge in [0.05, 0.1) is 34.4 Å². The van der Waals surface area contributed by atoms with E-state index in [2.05, 4.69) is 26.0 Å². The summed E-state index contributed by atoms with van der Waals surface area (Å²) in [6.07, 6.45) is 53.1. The maximum atomic E-state index is 12.8. The third-order valence-corrected chi connectivity index (χ3v) is 12.8. The number of esters is 2. The van der Waals surface area contributed by atoms with Gasteiger partial charge in [-0.3, -0.25) is 9.59 Å². The number of carboxylic acid groups (broad SMARTS) is 1. The lowest BCUT2D eigenvalue weighted by atomic mass is 10.0. The number of quaternary nitrogens is 1. The number of hydrogen-bond donors (Lipinski definition) is 1. The summed E-state index contributed by atoms with van der Waals surface area (Å²) < 4.78 is 22.8. The zero-order valence-corrected chi connectivity index (χ0v) is 44.4. The molecule has 0 saturated heterocycles. The highest BCUT2D eigenvalue weighted by Crippen LogP contribution is 2.17. The lowest BCUT2D eigenvalue weighted by Gasteiger charge is -2.25. The number of rotatable bonds is 53. The van der Waals surface area contributed by atoms with Gasteiger partial charge in [-0.05, 0) is 38.5 Å². The van der Waals surface area contributed by atoms with E-state index < -0.39 is 18.4 Å². The second-order valence-corrected chi connectivity index (χ2v) is 20.6. The fourth-order valence-electron chi connectivity index (χ4n) is 8.36. The average molecular weight is 938 g/mol. The summed E-state index contributed by atoms with van der Waals surface area (Å²) in [5.74, 6) is -1.99. The van der Waals surface area contributed by atoms with Crippen LogP contribution in [0.5, 0.6) is 0 Å². The Morgan fingerprint density at radius 2 is 0.773 bits per heavy atom. The van der Waals surface area contributed by atoms with Crippen molar-refractivity contribution in [2.45, 2.75) is 289 Å². The second kappa shape index (κ2) is 49.5. The van der Waals surface area contributed by atoms with Crippen molar-refractivity contribution in [2.24, 2.45) is 0 Å². The molecule has 0 aromatic heterocycles. The van der Waals surface area contributed by atoms with Crippen LogP contribution in [-0.4, -0.2) is 87.4 Å². The molecule has 0 heterocycles. The predicted octanol–water partition coefficient (Wildman–Crippen LogP) is 16.2. The number of nitrogens with zero attached hydrogens (tertiary/aromatic N) is 1. The van der Waals surface area contributed by atoms with Crippen molar-refractivity contribution in [1.29, 1.82) is 0 Å². The molecule has 0 rings (SSSR count). The van der Waals surface area contributed by atoms with Crippen molar-refractivity contribution in [3.63, 3.8) is 0 Å². The van der Waals surface area contributed by atoms with Gasteiger partial charge in [-0.25, -0.2) is 4.79 Å². The largest absolute Gasteiger partial charge is 0.477 e. The van der Waals surface area contributed by atoms with Crippen LogP contribution in [0.4, 0.5) is 0 Å². The number of carbonyl (C=O) groups is 3. The number of carboxylic acids is 1. The van der Waals surface area contributed by atoms with E-state index in [-0.39, 0.29) is 38.2 Å². The van der Waals surface area contributed by atoms with Gasteiger partial charge in [-0.15, -0.1) is 0 Å². The zero-order chi connectivity index (χ0) is 48.4. The molecule has 1 N–H and O–H groups in total. The minimum atomic E-state index is -1.50. The predicted molar refractivity (Wildman–Crippen MR) is 277 cm³/mol. The van der Waals surface area contributed by atoms with Crippen LogP contribution in [0, 0.1) is 0 Å². The zero-order valence-electron chi connectivity index (χ0n) is 44.4. The molecule has 66 heavy (non-hydrogen) atoms. The Morgan fingerprint density at radius 3 is 1.12 bits per heavy atom. The van der Waals surface area contributed by atoms with Gasteiger partial charge in [-0.1, -0.05) is 238 Å². The molecule has 0 amide bonds. The van der Waals surface area contributed by atoms with Gasteiger partial charge < -0.3 is 28.5 Å². The van der Waals surface area contributed by atoms with Crippen LogP contribution in [0.15, 0.2) is 12.2 Å². The van der Waals surface area contributed by atoms with E-state index in [1.54, 1.807) is 0 Å². The fourth-order valence-corrected chi connectivity index (χ4v) is 8.36. The Morgan fingerprint density at radius 1 is 0.439 bits per heavy atom. The average Bonchev–Trinajstić information content (AvgIpc) is 3.28. The maximum absolute atomic E-state index is 12.8. The Kier molecular flexibility index (Phi) is 48.0. The molecule has 0 saturated carbocycles. The lowest BCUT2D eigenvalue weighted by Crippen LogP contribution is -2.40. The first-order valence-corrected chi connectivity index (χ1v) is 28.4. The van der Waals surface area contributed by atoms with Crippen molar-refractivity contribution in [1.82, 2.24) is 0 Å². The molecule has 9 nitrogen and oxygen atoms in total. The molecular weight excluding hydrogens is 827 g/mol. The van der Waals surface area contributed by atoms with Gasteiger partial charge in [0.15, 0.2) is 6.10 Å². The van der Waals surface area contributed by atoms with Gasteiger partial charge >= 0.3 is 17.9 Å². The smallest absolute Gasteiger partial charge is 0.361 e. The normalized spacial score (nSPS) is 12.8. The minimum absolute atomic E-state index is 0.175. The summed E-state index contributed by atoms with van der Waals surface area (Å²) in [6, 6.07) is 0. The monoisotopic (exact) mass is 937 g/mol. The Labute approximate surface area is 408 Å². The number of hydrogen-bond acceptors (Lipinski definition) is 7. The van der Waals surface area contributed by atoms with E-state index in [0.717, 1.165) is 38.5 Å². The SMILES string of the molecule is CCCCCCCCCC/C=C\CCCCCCCCCCCCCCCCCCCCCC(=O)OC(COC(=O)CCCCCCCCCCCC)COC(OCC[N+](C)(C)C)C(=O)O. The Hall–Kier alpha value is -1.97. The minimum Gasteiger partial charge on any atom is -0.477 e. The van der Waals surface area contributed by atoms with Crippen LogP contribution in [0.1, 0.15) is 277 Å². The van der Waals surface area contributed by atoms with E-state index in [4.69, 9.17) is 18.9 Å². The van der Waals surface area contributed by atoms with Crippen LogP contribution in [0.2, 0.25) is 0 Å². The standard InChI is InChI=1S/C57H109NO8/c1-6-8-10-12-14-16-18-19-20-21-22-23-24-25-26-27-28-29-30-31-32-33-34-35-36-37-38-40-42-44-46-48-55(60)66-53(52-65-57(56(61)62)63-50-49-58(3,4)5)51-64-54(59)47-45-43-41-39-17-15-13-11-9-7-2/h21-22,53,57H,6-20,23-52H2,1-5H3/p+1/b22-21-. The summed E-state index contributed by atoms with van der Waals surface area (Å²) in [5.41, 5.74) is 0. The molecule has 0 spiro atoms. The van der Waals surface area contributed by atoms with E-state index in [1.807, 2.05) is 21.1 Å². The van der Waals surface area contributed by atoms with Gasteiger partial charge in [0.2, 0.25) is 0 Å². The van der Waals surface area contributed by atoms with Gasteiger partial charge in [0.25, 0.3) is 6.29 Å². The molecule has 2 unspecified atom stereocenters. The quantitative estimate of drug-likeness (QED) is 0.0211. The second-order valence-electron chi connectivity index (χ2n) is 20.6. The summed E-state index contributed by atoms with van der Waals surface area (Å²) in [5, 5.41) is 9.66. The summed E-state index contributed by atoms with van der Waals surface area (Å²) in [6.45, 7) is 4.90. The van der Waals surface area contributed by atoms with Crippen LogP contribution in [0.25, 0.3) is 0 Å². The highest BCUT2D eigenvalue weighted by atomic mass is 16.7. The van der Waals surface area contributed by atoms with Crippen molar-refractivity contribution >= 4 is 17.9 Å². The van der Waals surface area contributed by atoms with E-state index in [0.29, 0.717) is 17.4 Å². The number of likely N-dealkylation sites (N-methyl/N-ethyl adjacent to an activating group) is 1. The summed E-state index contributed by atoms with van der Waals surface area (Å²) in [7, 11) is 5.97. The molecule has 0 aliphatic heterocycles. The number of allylic oxidation sites excluding steroid dienone is 2. The highest BCUT2D eigenvalue weighted by Gasteiger charge is 2.25. The molecule has 9 heteroatoms. The van der Waals surface area contributed by atoms with E-state index in [9.17, 15) is 19.5 Å². The molecule has 0 radical (unpaired) electrons. The van der Waals surface area contributed by atoms with E-state index >= 15 is 0 Å². The van der Waals surface area contributed by atoms with E-state index in [1.165, 1.54) is 212 Å². The fraction of sp³-hybridized carbons (Fsp3) is 0.912. The molecule has 390 valence electrons. The molecule has 0 aliphatic rings. The molecule has 0 fully saturated rings. The topological polar surface area (TPSA) is 108 Å². The Bertz CT molecular complexity index is 1090. The van der Waals surface area contributed by atoms with Crippen molar-refractivity contribution in [3.05, 3.63) is 12.2 Å². The Balaban J connectivity index is 4.02. The van der Waals surface area contributed by atoms with Crippen LogP contribution >= 0.6 is 0 Å². The van der Waals surface area contributed by atoms with Gasteiger partial charge in [0, 0.05) is 12.8 Å². The summed E-state index contributed by atoms with van der Waals surface area (Å²) >= 11 is 0. The molecular formula is C57H110NO8+. The van der Waals surface area contributed by atoms with Crippen molar-refractivity contribution < 1.29 is 42.9 Å². The highest BCUT2D eigenvalue weighted by molar-refractivity contribution is 5.71. The first-order chi connectivity index (χ1) is 32.1. The molecule has 0 aromatic carbocycles. The molecule has 2 atom stereocenters.